The highest BCUT2D eigenvalue weighted by Gasteiger charge is 2.15. The summed E-state index contributed by atoms with van der Waals surface area (Å²) >= 11 is 0. The van der Waals surface area contributed by atoms with Crippen molar-refractivity contribution in [3.8, 4) is 0 Å². The molecule has 1 aromatic heterocycles. The molecule has 1 aliphatic carbocycles. The van der Waals surface area contributed by atoms with E-state index in [9.17, 15) is 0 Å². The molecule has 1 atom stereocenters. The predicted octanol–water partition coefficient (Wildman–Crippen LogP) is 3.25. The SMILES string of the molecule is CC(CCC1CCCC1)Nc1cnccn1. The van der Waals surface area contributed by atoms with E-state index in [1.807, 2.05) is 0 Å². The molecule has 3 nitrogen and oxygen atoms in total. The van der Waals surface area contributed by atoms with Crippen LogP contribution in [0.5, 0.6) is 0 Å². The van der Waals surface area contributed by atoms with Gasteiger partial charge in [-0.3, -0.25) is 4.98 Å². The highest BCUT2D eigenvalue weighted by molar-refractivity contribution is 5.30. The van der Waals surface area contributed by atoms with Gasteiger partial charge in [0.1, 0.15) is 5.82 Å². The van der Waals surface area contributed by atoms with Crippen LogP contribution in [-0.2, 0) is 0 Å². The summed E-state index contributed by atoms with van der Waals surface area (Å²) in [5, 5.41) is 3.39. The molecule has 0 bridgehead atoms. The van der Waals surface area contributed by atoms with Crippen molar-refractivity contribution in [2.45, 2.75) is 51.5 Å². The van der Waals surface area contributed by atoms with Gasteiger partial charge in [-0.1, -0.05) is 25.7 Å². The summed E-state index contributed by atoms with van der Waals surface area (Å²) in [6.07, 6.45) is 13.6. The van der Waals surface area contributed by atoms with Gasteiger partial charge in [0.05, 0.1) is 6.20 Å². The van der Waals surface area contributed by atoms with E-state index in [2.05, 4.69) is 22.2 Å². The van der Waals surface area contributed by atoms with E-state index in [4.69, 9.17) is 0 Å². The molecule has 1 heterocycles. The molecule has 1 N–H and O–H groups in total. The summed E-state index contributed by atoms with van der Waals surface area (Å²) in [7, 11) is 0. The monoisotopic (exact) mass is 219 g/mol. The maximum atomic E-state index is 4.22. The third-order valence-electron chi connectivity index (χ3n) is 3.44. The third-order valence-corrected chi connectivity index (χ3v) is 3.44. The molecular formula is C13H21N3. The van der Waals surface area contributed by atoms with Gasteiger partial charge in [0.25, 0.3) is 0 Å². The van der Waals surface area contributed by atoms with Crippen molar-refractivity contribution in [3.05, 3.63) is 18.6 Å². The first-order chi connectivity index (χ1) is 7.84. The molecule has 3 heteroatoms. The van der Waals surface area contributed by atoms with Gasteiger partial charge in [-0.2, -0.15) is 0 Å². The Hall–Kier alpha value is -1.12. The number of hydrogen-bond donors (Lipinski definition) is 1. The number of nitrogens with zero attached hydrogens (tertiary/aromatic N) is 2. The van der Waals surface area contributed by atoms with Gasteiger partial charge in [0, 0.05) is 18.4 Å². The molecule has 2 rings (SSSR count). The predicted molar refractivity (Wildman–Crippen MR) is 66.3 cm³/mol. The molecule has 0 spiro atoms. The minimum atomic E-state index is 0.497. The Kier molecular flexibility index (Phi) is 4.14. The quantitative estimate of drug-likeness (QED) is 0.826. The fourth-order valence-corrected chi connectivity index (χ4v) is 2.48. The standard InChI is InChI=1S/C13H21N3/c1-11(6-7-12-4-2-3-5-12)16-13-10-14-8-9-15-13/h8-12H,2-7H2,1H3,(H,15,16). The number of anilines is 1. The van der Waals surface area contributed by atoms with Crippen LogP contribution in [0, 0.1) is 5.92 Å². The van der Waals surface area contributed by atoms with Gasteiger partial charge in [-0.25, -0.2) is 4.98 Å². The number of rotatable bonds is 5. The largest absolute Gasteiger partial charge is 0.366 e. The zero-order valence-electron chi connectivity index (χ0n) is 10.0. The van der Waals surface area contributed by atoms with Crippen LogP contribution in [0.25, 0.3) is 0 Å². The Morgan fingerprint density at radius 1 is 1.38 bits per heavy atom. The van der Waals surface area contributed by atoms with Crippen LogP contribution in [-0.4, -0.2) is 16.0 Å². The van der Waals surface area contributed by atoms with Gasteiger partial charge in [-0.15, -0.1) is 0 Å². The summed E-state index contributed by atoms with van der Waals surface area (Å²) in [5.41, 5.74) is 0. The van der Waals surface area contributed by atoms with Crippen molar-refractivity contribution in [3.63, 3.8) is 0 Å². The Labute approximate surface area is 97.7 Å². The van der Waals surface area contributed by atoms with Gasteiger partial charge < -0.3 is 5.32 Å². The maximum Gasteiger partial charge on any atom is 0.144 e. The van der Waals surface area contributed by atoms with Crippen LogP contribution in [0.3, 0.4) is 0 Å². The number of nitrogens with one attached hydrogen (secondary N) is 1. The summed E-state index contributed by atoms with van der Waals surface area (Å²) in [4.78, 5) is 8.28. The van der Waals surface area contributed by atoms with Crippen molar-refractivity contribution in [1.29, 1.82) is 0 Å². The molecule has 0 aromatic carbocycles. The summed E-state index contributed by atoms with van der Waals surface area (Å²) < 4.78 is 0. The second-order valence-electron chi connectivity index (χ2n) is 4.86. The van der Waals surface area contributed by atoms with E-state index in [1.165, 1.54) is 38.5 Å². The van der Waals surface area contributed by atoms with Gasteiger partial charge in [0.15, 0.2) is 0 Å². The van der Waals surface area contributed by atoms with Crippen LogP contribution in [0.15, 0.2) is 18.6 Å². The molecule has 88 valence electrons. The Bertz CT molecular complexity index is 293. The molecule has 1 aliphatic rings. The van der Waals surface area contributed by atoms with Crippen LogP contribution in [0.4, 0.5) is 5.82 Å². The first-order valence-electron chi connectivity index (χ1n) is 6.37. The second kappa shape index (κ2) is 5.83. The molecule has 0 saturated heterocycles. The van der Waals surface area contributed by atoms with Crippen molar-refractivity contribution >= 4 is 5.82 Å². The lowest BCUT2D eigenvalue weighted by molar-refractivity contribution is 0.467. The molecule has 0 aliphatic heterocycles. The molecule has 0 amide bonds. The fourth-order valence-electron chi connectivity index (χ4n) is 2.48. The summed E-state index contributed by atoms with van der Waals surface area (Å²) in [6, 6.07) is 0.497. The van der Waals surface area contributed by atoms with Crippen molar-refractivity contribution in [2.75, 3.05) is 5.32 Å². The molecular weight excluding hydrogens is 198 g/mol. The van der Waals surface area contributed by atoms with Gasteiger partial charge >= 0.3 is 0 Å². The van der Waals surface area contributed by atoms with Gasteiger partial charge in [0.2, 0.25) is 0 Å². The number of aromatic nitrogens is 2. The molecule has 1 saturated carbocycles. The number of hydrogen-bond acceptors (Lipinski definition) is 3. The lowest BCUT2D eigenvalue weighted by atomic mass is 9.99. The average Bonchev–Trinajstić information content (AvgIpc) is 2.81. The smallest absolute Gasteiger partial charge is 0.144 e. The topological polar surface area (TPSA) is 37.8 Å². The first kappa shape index (κ1) is 11.4. The second-order valence-corrected chi connectivity index (χ2v) is 4.86. The van der Waals surface area contributed by atoms with E-state index in [1.54, 1.807) is 18.6 Å². The highest BCUT2D eigenvalue weighted by Crippen LogP contribution is 2.29. The van der Waals surface area contributed by atoms with Crippen LogP contribution < -0.4 is 5.32 Å². The van der Waals surface area contributed by atoms with Crippen LogP contribution >= 0.6 is 0 Å². The minimum absolute atomic E-state index is 0.497. The normalized spacial score (nSPS) is 18.6. The van der Waals surface area contributed by atoms with Crippen molar-refractivity contribution < 1.29 is 0 Å². The Morgan fingerprint density at radius 3 is 2.88 bits per heavy atom. The van der Waals surface area contributed by atoms with Crippen molar-refractivity contribution in [1.82, 2.24) is 9.97 Å². The van der Waals surface area contributed by atoms with Crippen molar-refractivity contribution in [2.24, 2.45) is 5.92 Å². The highest BCUT2D eigenvalue weighted by atomic mass is 15.0. The van der Waals surface area contributed by atoms with Crippen LogP contribution in [0.1, 0.15) is 45.4 Å². The molecule has 0 radical (unpaired) electrons. The van der Waals surface area contributed by atoms with E-state index < -0.39 is 0 Å². The van der Waals surface area contributed by atoms with E-state index in [0.29, 0.717) is 6.04 Å². The first-order valence-corrected chi connectivity index (χ1v) is 6.37. The molecule has 1 unspecified atom stereocenters. The Morgan fingerprint density at radius 2 is 2.19 bits per heavy atom. The van der Waals surface area contributed by atoms with Gasteiger partial charge in [-0.05, 0) is 25.7 Å². The Balaban J connectivity index is 1.69. The van der Waals surface area contributed by atoms with E-state index >= 15 is 0 Å². The van der Waals surface area contributed by atoms with E-state index in [0.717, 1.165) is 11.7 Å². The lowest BCUT2D eigenvalue weighted by Crippen LogP contribution is -2.17. The molecule has 1 fully saturated rings. The minimum Gasteiger partial charge on any atom is -0.366 e. The lowest BCUT2D eigenvalue weighted by Gasteiger charge is -2.16. The van der Waals surface area contributed by atoms with Crippen LogP contribution in [0.2, 0.25) is 0 Å². The third kappa shape index (κ3) is 3.47. The summed E-state index contributed by atoms with van der Waals surface area (Å²) in [6.45, 7) is 2.23. The zero-order chi connectivity index (χ0) is 11.2. The van der Waals surface area contributed by atoms with E-state index in [-0.39, 0.29) is 0 Å². The molecule has 1 aromatic rings. The maximum absolute atomic E-state index is 4.22. The fraction of sp³-hybridized carbons (Fsp3) is 0.692. The zero-order valence-corrected chi connectivity index (χ0v) is 10.0. The summed E-state index contributed by atoms with van der Waals surface area (Å²) in [5.74, 6) is 1.87. The average molecular weight is 219 g/mol. The molecule has 16 heavy (non-hydrogen) atoms.